The van der Waals surface area contributed by atoms with Crippen LogP contribution >= 0.6 is 0 Å². The van der Waals surface area contributed by atoms with Gasteiger partial charge >= 0.3 is 6.03 Å². The first kappa shape index (κ1) is 15.8. The van der Waals surface area contributed by atoms with Crippen molar-refractivity contribution in [2.24, 2.45) is 5.41 Å². The number of nitrogens with one attached hydrogen (secondary N) is 2. The molecule has 4 nitrogen and oxygen atoms in total. The van der Waals surface area contributed by atoms with Crippen LogP contribution in [0.25, 0.3) is 0 Å². The summed E-state index contributed by atoms with van der Waals surface area (Å²) in [4.78, 5) is 11.9. The lowest BCUT2D eigenvalue weighted by atomic mass is 9.96. The highest BCUT2D eigenvalue weighted by molar-refractivity contribution is 5.74. The molecule has 0 heterocycles. The van der Waals surface area contributed by atoms with Gasteiger partial charge in [0.05, 0.1) is 0 Å². The second-order valence-corrected chi connectivity index (χ2v) is 6.04. The molecule has 0 aromatic heterocycles. The zero-order valence-corrected chi connectivity index (χ0v) is 12.8. The number of urea groups is 1. The number of hydrogen-bond acceptors (Lipinski definition) is 2. The van der Waals surface area contributed by atoms with E-state index in [1.54, 1.807) is 0 Å². The third kappa shape index (κ3) is 4.74. The average Bonchev–Trinajstić information content (AvgIpc) is 3.31. The molecule has 2 rings (SSSR count). The van der Waals surface area contributed by atoms with Crippen LogP contribution in [-0.2, 0) is 0 Å². The lowest BCUT2D eigenvalue weighted by Crippen LogP contribution is -2.40. The van der Waals surface area contributed by atoms with Crippen molar-refractivity contribution in [3.05, 3.63) is 35.9 Å². The molecule has 0 radical (unpaired) electrons. The van der Waals surface area contributed by atoms with Crippen LogP contribution in [0.4, 0.5) is 4.79 Å². The summed E-state index contributed by atoms with van der Waals surface area (Å²) in [5, 5.41) is 15.1. The molecule has 0 spiro atoms. The van der Waals surface area contributed by atoms with Gasteiger partial charge in [0.15, 0.2) is 0 Å². The minimum Gasteiger partial charge on any atom is -0.396 e. The molecular weight excluding hydrogens is 264 g/mol. The first-order chi connectivity index (χ1) is 10.2. The highest BCUT2D eigenvalue weighted by Crippen LogP contribution is 2.47. The maximum atomic E-state index is 11.9. The third-order valence-corrected chi connectivity index (χ3v) is 4.59. The van der Waals surface area contributed by atoms with Crippen LogP contribution in [0.15, 0.2) is 30.3 Å². The largest absolute Gasteiger partial charge is 0.396 e. The van der Waals surface area contributed by atoms with Crippen LogP contribution < -0.4 is 10.6 Å². The Kier molecular flexibility index (Phi) is 5.62. The number of hydrogen-bond donors (Lipinski definition) is 3. The van der Waals surface area contributed by atoms with E-state index in [1.165, 1.54) is 12.8 Å². The fourth-order valence-electron chi connectivity index (χ4n) is 2.65. The summed E-state index contributed by atoms with van der Waals surface area (Å²) in [6, 6.07) is 9.91. The molecule has 1 fully saturated rings. The molecule has 1 atom stereocenters. The highest BCUT2D eigenvalue weighted by atomic mass is 16.3. The van der Waals surface area contributed by atoms with E-state index >= 15 is 0 Å². The molecule has 1 aliphatic rings. The van der Waals surface area contributed by atoms with Crippen LogP contribution in [0.3, 0.4) is 0 Å². The Morgan fingerprint density at radius 1 is 1.29 bits per heavy atom. The first-order valence-corrected chi connectivity index (χ1v) is 7.86. The second kappa shape index (κ2) is 7.46. The predicted molar refractivity (Wildman–Crippen MR) is 84.2 cm³/mol. The van der Waals surface area contributed by atoms with Crippen molar-refractivity contribution < 1.29 is 9.90 Å². The topological polar surface area (TPSA) is 61.4 Å². The van der Waals surface area contributed by atoms with Crippen LogP contribution in [0.1, 0.15) is 44.1 Å². The molecule has 1 unspecified atom stereocenters. The van der Waals surface area contributed by atoms with Crippen molar-refractivity contribution in [2.45, 2.75) is 38.5 Å². The monoisotopic (exact) mass is 290 g/mol. The molecule has 21 heavy (non-hydrogen) atoms. The van der Waals surface area contributed by atoms with Gasteiger partial charge in [0.25, 0.3) is 0 Å². The lowest BCUT2D eigenvalue weighted by Gasteiger charge is -2.18. The number of carbonyl (C=O) groups is 1. The summed E-state index contributed by atoms with van der Waals surface area (Å²) in [7, 11) is 0. The van der Waals surface area contributed by atoms with Gasteiger partial charge in [-0.25, -0.2) is 4.79 Å². The highest BCUT2D eigenvalue weighted by Gasteiger charge is 2.40. The summed E-state index contributed by atoms with van der Waals surface area (Å²) in [6.07, 6.45) is 4.23. The summed E-state index contributed by atoms with van der Waals surface area (Å²) >= 11 is 0. The number of aliphatic hydroxyl groups is 1. The van der Waals surface area contributed by atoms with E-state index in [4.69, 9.17) is 0 Å². The van der Waals surface area contributed by atoms with Crippen molar-refractivity contribution in [2.75, 3.05) is 19.7 Å². The minimum absolute atomic E-state index is 0.103. The fraction of sp³-hybridized carbons (Fsp3) is 0.588. The van der Waals surface area contributed by atoms with Crippen molar-refractivity contribution >= 4 is 6.03 Å². The van der Waals surface area contributed by atoms with Crippen molar-refractivity contribution in [3.63, 3.8) is 0 Å². The Labute approximate surface area is 126 Å². The fourth-order valence-corrected chi connectivity index (χ4v) is 2.65. The standard InChI is InChI=1S/C17H26N2O2/c1-2-17(9-10-17)13-19-16(21)18-12-15(8-11-20)14-6-4-3-5-7-14/h3-7,15,20H,2,8-13H2,1H3,(H2,18,19,21). The zero-order valence-electron chi connectivity index (χ0n) is 12.8. The van der Waals surface area contributed by atoms with Gasteiger partial charge in [-0.05, 0) is 36.7 Å². The average molecular weight is 290 g/mol. The Bertz CT molecular complexity index is 443. The van der Waals surface area contributed by atoms with Crippen LogP contribution in [0.5, 0.6) is 0 Å². The molecule has 1 aromatic rings. The number of aliphatic hydroxyl groups excluding tert-OH is 1. The molecule has 0 bridgehead atoms. The molecule has 4 heteroatoms. The molecule has 1 aliphatic carbocycles. The lowest BCUT2D eigenvalue weighted by molar-refractivity contribution is 0.234. The molecule has 0 saturated heterocycles. The Morgan fingerprint density at radius 2 is 2.00 bits per heavy atom. The smallest absolute Gasteiger partial charge is 0.314 e. The van der Waals surface area contributed by atoms with Gasteiger partial charge in [-0.3, -0.25) is 0 Å². The normalized spacial score (nSPS) is 17.0. The SMILES string of the molecule is CCC1(CNC(=O)NCC(CCO)c2ccccc2)CC1. The van der Waals surface area contributed by atoms with E-state index < -0.39 is 0 Å². The summed E-state index contributed by atoms with van der Waals surface area (Å²) in [5.41, 5.74) is 1.51. The quantitative estimate of drug-likeness (QED) is 0.689. The van der Waals surface area contributed by atoms with Gasteiger partial charge in [-0.1, -0.05) is 37.3 Å². The van der Waals surface area contributed by atoms with Crippen LogP contribution in [0.2, 0.25) is 0 Å². The number of rotatable bonds is 8. The van der Waals surface area contributed by atoms with Crippen molar-refractivity contribution in [1.82, 2.24) is 10.6 Å². The first-order valence-electron chi connectivity index (χ1n) is 7.86. The van der Waals surface area contributed by atoms with Crippen molar-refractivity contribution in [3.8, 4) is 0 Å². The van der Waals surface area contributed by atoms with Gasteiger partial charge < -0.3 is 15.7 Å². The molecule has 1 saturated carbocycles. The van der Waals surface area contributed by atoms with E-state index in [9.17, 15) is 9.90 Å². The number of amides is 2. The Hall–Kier alpha value is -1.55. The maximum absolute atomic E-state index is 11.9. The Morgan fingerprint density at radius 3 is 2.57 bits per heavy atom. The minimum atomic E-state index is -0.103. The van der Waals surface area contributed by atoms with E-state index in [0.29, 0.717) is 18.4 Å². The molecule has 2 amide bonds. The maximum Gasteiger partial charge on any atom is 0.314 e. The van der Waals surface area contributed by atoms with Crippen LogP contribution in [0, 0.1) is 5.41 Å². The summed E-state index contributed by atoms with van der Waals surface area (Å²) in [5.74, 6) is 0.156. The van der Waals surface area contributed by atoms with E-state index in [0.717, 1.165) is 18.5 Å². The second-order valence-electron chi connectivity index (χ2n) is 6.04. The van der Waals surface area contributed by atoms with Gasteiger partial charge in [0.1, 0.15) is 0 Å². The molecule has 116 valence electrons. The van der Waals surface area contributed by atoms with E-state index in [2.05, 4.69) is 17.6 Å². The van der Waals surface area contributed by atoms with Gasteiger partial charge in [0.2, 0.25) is 0 Å². The predicted octanol–water partition coefficient (Wildman–Crippen LogP) is 2.64. The van der Waals surface area contributed by atoms with E-state index in [-0.39, 0.29) is 18.6 Å². The van der Waals surface area contributed by atoms with Crippen LogP contribution in [-0.4, -0.2) is 30.8 Å². The molecule has 0 aliphatic heterocycles. The van der Waals surface area contributed by atoms with Gasteiger partial charge in [-0.15, -0.1) is 0 Å². The van der Waals surface area contributed by atoms with Gasteiger partial charge in [-0.2, -0.15) is 0 Å². The third-order valence-electron chi connectivity index (χ3n) is 4.59. The number of benzene rings is 1. The Balaban J connectivity index is 1.77. The van der Waals surface area contributed by atoms with Crippen molar-refractivity contribution in [1.29, 1.82) is 0 Å². The van der Waals surface area contributed by atoms with Gasteiger partial charge in [0, 0.05) is 25.6 Å². The molecule has 3 N–H and O–H groups in total. The summed E-state index contributed by atoms with van der Waals surface area (Å²) in [6.45, 7) is 3.63. The molecule has 1 aromatic carbocycles. The number of carbonyl (C=O) groups excluding carboxylic acids is 1. The van der Waals surface area contributed by atoms with E-state index in [1.807, 2.05) is 30.3 Å². The molecular formula is C17H26N2O2. The summed E-state index contributed by atoms with van der Waals surface area (Å²) < 4.78 is 0. The zero-order chi connectivity index (χ0) is 15.1.